The van der Waals surface area contributed by atoms with Gasteiger partial charge in [0, 0.05) is 0 Å². The van der Waals surface area contributed by atoms with Crippen LogP contribution in [0.1, 0.15) is 65.7 Å². The molecular weight excluding hydrogens is 242 g/mol. The lowest BCUT2D eigenvalue weighted by Gasteiger charge is -2.29. The average molecular weight is 275 g/mol. The summed E-state index contributed by atoms with van der Waals surface area (Å²) in [6, 6.07) is 0. The lowest BCUT2D eigenvalue weighted by molar-refractivity contribution is 0.347. The molecule has 1 rings (SSSR count). The van der Waals surface area contributed by atoms with Gasteiger partial charge in [-0.3, -0.25) is 0 Å². The summed E-state index contributed by atoms with van der Waals surface area (Å²) >= 11 is 0. The molecule has 0 aromatic carbocycles. The quantitative estimate of drug-likeness (QED) is 0.475. The van der Waals surface area contributed by atoms with Crippen molar-refractivity contribution in [1.82, 2.24) is 0 Å². The Morgan fingerprint density at radius 2 is 2.10 bits per heavy atom. The Labute approximate surface area is 126 Å². The minimum absolute atomic E-state index is 0.642. The van der Waals surface area contributed by atoms with E-state index in [4.69, 9.17) is 5.73 Å². The first-order valence-corrected chi connectivity index (χ1v) is 8.30. The van der Waals surface area contributed by atoms with Crippen molar-refractivity contribution < 1.29 is 0 Å². The van der Waals surface area contributed by atoms with E-state index in [9.17, 15) is 0 Å². The molecule has 0 aromatic rings. The molecule has 0 amide bonds. The fourth-order valence-corrected chi connectivity index (χ4v) is 3.31. The number of hydrogen-bond donors (Lipinski definition) is 1. The second kappa shape index (κ2) is 9.05. The van der Waals surface area contributed by atoms with E-state index < -0.39 is 0 Å². The maximum Gasteiger partial charge on any atom is -0.00675 e. The van der Waals surface area contributed by atoms with Gasteiger partial charge < -0.3 is 5.73 Å². The summed E-state index contributed by atoms with van der Waals surface area (Å²) in [6.45, 7) is 10.7. The highest BCUT2D eigenvalue weighted by Gasteiger charge is 2.22. The Balaban J connectivity index is 2.33. The zero-order valence-electron chi connectivity index (χ0n) is 13.7. The molecule has 0 aliphatic heterocycles. The molecule has 2 atom stereocenters. The molecule has 1 aliphatic rings. The van der Waals surface area contributed by atoms with Gasteiger partial charge >= 0.3 is 0 Å². The van der Waals surface area contributed by atoms with Gasteiger partial charge in [-0.15, -0.1) is 0 Å². The maximum atomic E-state index is 5.81. The zero-order valence-corrected chi connectivity index (χ0v) is 13.7. The van der Waals surface area contributed by atoms with Crippen LogP contribution in [-0.2, 0) is 0 Å². The third kappa shape index (κ3) is 5.56. The van der Waals surface area contributed by atoms with Crippen molar-refractivity contribution in [2.75, 3.05) is 0 Å². The van der Waals surface area contributed by atoms with Crippen LogP contribution in [0.2, 0.25) is 0 Å². The van der Waals surface area contributed by atoms with Crippen LogP contribution in [0.15, 0.2) is 36.1 Å². The molecule has 2 unspecified atom stereocenters. The Bertz CT molecular complexity index is 349. The monoisotopic (exact) mass is 275 g/mol. The van der Waals surface area contributed by atoms with E-state index in [1.165, 1.54) is 56.1 Å². The average Bonchev–Trinajstić information content (AvgIpc) is 2.43. The summed E-state index contributed by atoms with van der Waals surface area (Å²) in [7, 11) is 0. The SMILES string of the molecule is C=C/C=C(\CCCCC1CCC(C)C/C1=C/N)C(C)C. The molecule has 0 heterocycles. The van der Waals surface area contributed by atoms with Crippen LogP contribution in [0.4, 0.5) is 0 Å². The van der Waals surface area contributed by atoms with Crippen LogP contribution in [0.5, 0.6) is 0 Å². The zero-order chi connectivity index (χ0) is 15.0. The third-order valence-corrected chi connectivity index (χ3v) is 4.67. The van der Waals surface area contributed by atoms with Gasteiger partial charge in [-0.1, -0.05) is 57.1 Å². The molecule has 0 bridgehead atoms. The normalized spacial score (nSPS) is 26.2. The van der Waals surface area contributed by atoms with E-state index in [0.29, 0.717) is 5.92 Å². The smallest absolute Gasteiger partial charge is 0.00675 e. The highest BCUT2D eigenvalue weighted by molar-refractivity contribution is 5.12. The standard InChI is InChI=1S/C19H33N/c1-5-8-17(15(2)3)9-6-7-10-18-12-11-16(4)13-19(18)14-20/h5,8,14-16,18H,1,6-7,9-13,20H2,2-4H3/b17-8+,19-14-. The Morgan fingerprint density at radius 3 is 2.70 bits per heavy atom. The first-order chi connectivity index (χ1) is 9.58. The van der Waals surface area contributed by atoms with Gasteiger partial charge in [-0.05, 0) is 62.5 Å². The lowest BCUT2D eigenvalue weighted by Crippen LogP contribution is -2.16. The van der Waals surface area contributed by atoms with Gasteiger partial charge in [-0.25, -0.2) is 0 Å². The van der Waals surface area contributed by atoms with Crippen LogP contribution in [0.3, 0.4) is 0 Å². The first-order valence-electron chi connectivity index (χ1n) is 8.30. The van der Waals surface area contributed by atoms with Gasteiger partial charge in [0.1, 0.15) is 0 Å². The molecule has 114 valence electrons. The lowest BCUT2D eigenvalue weighted by atomic mass is 9.77. The Morgan fingerprint density at radius 1 is 1.35 bits per heavy atom. The fourth-order valence-electron chi connectivity index (χ4n) is 3.31. The van der Waals surface area contributed by atoms with Crippen LogP contribution in [-0.4, -0.2) is 0 Å². The molecular formula is C19H33N. The van der Waals surface area contributed by atoms with E-state index in [2.05, 4.69) is 33.4 Å². The van der Waals surface area contributed by atoms with Crippen LogP contribution in [0, 0.1) is 17.8 Å². The molecule has 1 heteroatoms. The van der Waals surface area contributed by atoms with Crippen molar-refractivity contribution in [3.8, 4) is 0 Å². The maximum absolute atomic E-state index is 5.81. The number of unbranched alkanes of at least 4 members (excludes halogenated alkanes) is 1. The minimum atomic E-state index is 0.642. The second-order valence-electron chi connectivity index (χ2n) is 6.70. The Kier molecular flexibility index (Phi) is 7.72. The minimum Gasteiger partial charge on any atom is -0.405 e. The van der Waals surface area contributed by atoms with E-state index in [-0.39, 0.29) is 0 Å². The van der Waals surface area contributed by atoms with Crippen LogP contribution >= 0.6 is 0 Å². The predicted molar refractivity (Wildman–Crippen MR) is 90.4 cm³/mol. The molecule has 0 spiro atoms. The van der Waals surface area contributed by atoms with Gasteiger partial charge in [-0.2, -0.15) is 0 Å². The molecule has 1 fully saturated rings. The molecule has 0 saturated heterocycles. The number of rotatable bonds is 7. The largest absolute Gasteiger partial charge is 0.405 e. The highest BCUT2D eigenvalue weighted by Crippen LogP contribution is 2.35. The Hall–Kier alpha value is -0.980. The molecule has 0 radical (unpaired) electrons. The summed E-state index contributed by atoms with van der Waals surface area (Å²) in [4.78, 5) is 0. The van der Waals surface area contributed by atoms with E-state index in [1.54, 1.807) is 0 Å². The summed E-state index contributed by atoms with van der Waals surface area (Å²) in [5.41, 5.74) is 8.85. The topological polar surface area (TPSA) is 26.0 Å². The van der Waals surface area contributed by atoms with E-state index in [1.807, 2.05) is 12.3 Å². The summed E-state index contributed by atoms with van der Waals surface area (Å²) in [5.74, 6) is 2.22. The van der Waals surface area contributed by atoms with Gasteiger partial charge in [0.05, 0.1) is 0 Å². The molecule has 20 heavy (non-hydrogen) atoms. The van der Waals surface area contributed by atoms with Crippen molar-refractivity contribution in [1.29, 1.82) is 0 Å². The number of allylic oxidation sites excluding steroid dienone is 4. The van der Waals surface area contributed by atoms with Crippen LogP contribution < -0.4 is 5.73 Å². The first kappa shape index (κ1) is 17.1. The van der Waals surface area contributed by atoms with E-state index in [0.717, 1.165) is 11.8 Å². The molecule has 0 aromatic heterocycles. The van der Waals surface area contributed by atoms with Gasteiger partial charge in [0.15, 0.2) is 0 Å². The summed E-state index contributed by atoms with van der Waals surface area (Å²) in [5, 5.41) is 0. The van der Waals surface area contributed by atoms with Crippen molar-refractivity contribution in [3.63, 3.8) is 0 Å². The molecule has 1 aliphatic carbocycles. The number of hydrogen-bond acceptors (Lipinski definition) is 1. The van der Waals surface area contributed by atoms with E-state index >= 15 is 0 Å². The molecule has 1 saturated carbocycles. The fraction of sp³-hybridized carbons (Fsp3) is 0.684. The third-order valence-electron chi connectivity index (χ3n) is 4.67. The van der Waals surface area contributed by atoms with Crippen molar-refractivity contribution >= 4 is 0 Å². The van der Waals surface area contributed by atoms with Crippen molar-refractivity contribution in [2.24, 2.45) is 23.5 Å². The highest BCUT2D eigenvalue weighted by atomic mass is 14.5. The second-order valence-corrected chi connectivity index (χ2v) is 6.70. The molecule has 1 nitrogen and oxygen atoms in total. The van der Waals surface area contributed by atoms with Gasteiger partial charge in [0.2, 0.25) is 0 Å². The van der Waals surface area contributed by atoms with Crippen molar-refractivity contribution in [3.05, 3.63) is 36.1 Å². The summed E-state index contributed by atoms with van der Waals surface area (Å²) in [6.07, 6.45) is 15.1. The van der Waals surface area contributed by atoms with Gasteiger partial charge in [0.25, 0.3) is 0 Å². The van der Waals surface area contributed by atoms with Crippen LogP contribution in [0.25, 0.3) is 0 Å². The predicted octanol–water partition coefficient (Wildman–Crippen LogP) is 5.59. The van der Waals surface area contributed by atoms with Crippen molar-refractivity contribution in [2.45, 2.75) is 65.7 Å². The number of nitrogens with two attached hydrogens (primary N) is 1. The molecule has 2 N–H and O–H groups in total. The summed E-state index contributed by atoms with van der Waals surface area (Å²) < 4.78 is 0.